The first-order valence-corrected chi connectivity index (χ1v) is 7.28. The zero-order valence-corrected chi connectivity index (χ0v) is 11.9. The predicted octanol–water partition coefficient (Wildman–Crippen LogP) is 1.44. The fourth-order valence-electron chi connectivity index (χ4n) is 3.08. The first-order valence-electron chi connectivity index (χ1n) is 7.28. The minimum absolute atomic E-state index is 0.299. The van der Waals surface area contributed by atoms with Crippen LogP contribution in [0.25, 0.3) is 0 Å². The summed E-state index contributed by atoms with van der Waals surface area (Å²) < 4.78 is 4.94. The maximum Gasteiger partial charge on any atom is 0.330 e. The Balaban J connectivity index is 2.16. The first kappa shape index (κ1) is 15.0. The number of carbonyl (C=O) groups excluding carboxylic acids is 3. The fourth-order valence-corrected chi connectivity index (χ4v) is 3.08. The zero-order valence-electron chi connectivity index (χ0n) is 11.9. The van der Waals surface area contributed by atoms with Crippen molar-refractivity contribution in [1.29, 1.82) is 0 Å². The lowest BCUT2D eigenvalue weighted by Crippen LogP contribution is -2.63. The van der Waals surface area contributed by atoms with Gasteiger partial charge in [-0.15, -0.1) is 0 Å². The third-order valence-corrected chi connectivity index (χ3v) is 4.24. The van der Waals surface area contributed by atoms with Crippen LogP contribution in [0, 0.1) is 5.41 Å². The Labute approximate surface area is 118 Å². The summed E-state index contributed by atoms with van der Waals surface area (Å²) in [6.07, 6.45) is 5.48. The van der Waals surface area contributed by atoms with Crippen molar-refractivity contribution < 1.29 is 19.1 Å². The van der Waals surface area contributed by atoms with Crippen LogP contribution in [-0.4, -0.2) is 43.0 Å². The topological polar surface area (TPSA) is 75.7 Å². The van der Waals surface area contributed by atoms with Crippen molar-refractivity contribution in [2.24, 2.45) is 5.41 Å². The van der Waals surface area contributed by atoms with E-state index >= 15 is 0 Å². The second kappa shape index (κ2) is 6.35. The molecular formula is C14H22N2O4. The standard InChI is InChI=1S/C14H22N2O4/c1-20-10-6-9-16-12(18)14(11(17)15-13(16)19)7-4-2-3-5-8-14/h2-10H2,1H3,(H,15,17,19). The van der Waals surface area contributed by atoms with E-state index < -0.39 is 17.4 Å². The van der Waals surface area contributed by atoms with Crippen LogP contribution >= 0.6 is 0 Å². The van der Waals surface area contributed by atoms with Gasteiger partial charge in [-0.05, 0) is 19.3 Å². The number of imide groups is 2. The van der Waals surface area contributed by atoms with E-state index in [4.69, 9.17) is 4.74 Å². The third-order valence-electron chi connectivity index (χ3n) is 4.24. The SMILES string of the molecule is COCCCN1C(=O)NC(=O)C2(CCCCCC2)C1=O. The predicted molar refractivity (Wildman–Crippen MR) is 71.9 cm³/mol. The zero-order chi connectivity index (χ0) is 14.6. The average Bonchev–Trinajstić information content (AvgIpc) is 2.68. The molecular weight excluding hydrogens is 260 g/mol. The van der Waals surface area contributed by atoms with Crippen LogP contribution in [0.2, 0.25) is 0 Å². The number of nitrogens with zero attached hydrogens (tertiary/aromatic N) is 1. The molecule has 1 saturated carbocycles. The van der Waals surface area contributed by atoms with Gasteiger partial charge in [0.15, 0.2) is 0 Å². The number of carbonyl (C=O) groups is 3. The van der Waals surface area contributed by atoms with Gasteiger partial charge in [0.1, 0.15) is 5.41 Å². The van der Waals surface area contributed by atoms with Crippen molar-refractivity contribution in [2.75, 3.05) is 20.3 Å². The van der Waals surface area contributed by atoms with Crippen LogP contribution in [0.15, 0.2) is 0 Å². The highest BCUT2D eigenvalue weighted by Crippen LogP contribution is 2.39. The molecule has 0 unspecified atom stereocenters. The number of barbiturate groups is 1. The highest BCUT2D eigenvalue weighted by Gasteiger charge is 2.52. The molecule has 1 spiro atoms. The molecule has 20 heavy (non-hydrogen) atoms. The van der Waals surface area contributed by atoms with Crippen LogP contribution in [0.4, 0.5) is 4.79 Å². The summed E-state index contributed by atoms with van der Waals surface area (Å²) in [6, 6.07) is -0.592. The van der Waals surface area contributed by atoms with E-state index in [1.807, 2.05) is 0 Å². The smallest absolute Gasteiger partial charge is 0.330 e. The maximum atomic E-state index is 12.7. The molecule has 0 atom stereocenters. The normalized spacial score (nSPS) is 22.9. The van der Waals surface area contributed by atoms with Gasteiger partial charge in [-0.1, -0.05) is 25.7 Å². The van der Waals surface area contributed by atoms with E-state index in [1.54, 1.807) is 7.11 Å². The monoisotopic (exact) mass is 282 g/mol. The second-order valence-corrected chi connectivity index (χ2v) is 5.56. The van der Waals surface area contributed by atoms with Crippen molar-refractivity contribution in [3.05, 3.63) is 0 Å². The Morgan fingerprint density at radius 3 is 2.40 bits per heavy atom. The summed E-state index contributed by atoms with van der Waals surface area (Å²) >= 11 is 0. The average molecular weight is 282 g/mol. The molecule has 1 aliphatic heterocycles. The molecule has 2 aliphatic rings. The van der Waals surface area contributed by atoms with Gasteiger partial charge in [0.25, 0.3) is 0 Å². The largest absolute Gasteiger partial charge is 0.385 e. The molecule has 1 N–H and O–H groups in total. The number of ether oxygens (including phenoxy) is 1. The summed E-state index contributed by atoms with van der Waals surface area (Å²) in [5.74, 6) is -0.721. The molecule has 4 amide bonds. The van der Waals surface area contributed by atoms with Crippen LogP contribution in [0.1, 0.15) is 44.9 Å². The van der Waals surface area contributed by atoms with E-state index in [0.29, 0.717) is 32.4 Å². The lowest BCUT2D eigenvalue weighted by atomic mass is 9.77. The molecule has 0 bridgehead atoms. The maximum absolute atomic E-state index is 12.7. The van der Waals surface area contributed by atoms with Gasteiger partial charge in [-0.2, -0.15) is 0 Å². The Morgan fingerprint density at radius 1 is 1.15 bits per heavy atom. The number of hydrogen-bond donors (Lipinski definition) is 1. The lowest BCUT2D eigenvalue weighted by molar-refractivity contribution is -0.152. The summed E-state index contributed by atoms with van der Waals surface area (Å²) in [5.41, 5.74) is -1.02. The fraction of sp³-hybridized carbons (Fsp3) is 0.786. The molecule has 1 aliphatic carbocycles. The first-order chi connectivity index (χ1) is 9.62. The van der Waals surface area contributed by atoms with Gasteiger partial charge in [-0.25, -0.2) is 4.79 Å². The number of amides is 4. The Kier molecular flexibility index (Phi) is 4.75. The third kappa shape index (κ3) is 2.70. The molecule has 6 heteroatoms. The summed E-state index contributed by atoms with van der Waals surface area (Å²) in [4.78, 5) is 37.9. The Bertz CT molecular complexity index is 400. The quantitative estimate of drug-likeness (QED) is 0.625. The molecule has 6 nitrogen and oxygen atoms in total. The van der Waals surface area contributed by atoms with Crippen LogP contribution < -0.4 is 5.32 Å². The molecule has 1 saturated heterocycles. The second-order valence-electron chi connectivity index (χ2n) is 5.56. The van der Waals surface area contributed by atoms with Crippen LogP contribution in [-0.2, 0) is 14.3 Å². The Morgan fingerprint density at radius 2 is 1.80 bits per heavy atom. The van der Waals surface area contributed by atoms with Crippen molar-refractivity contribution in [3.8, 4) is 0 Å². The van der Waals surface area contributed by atoms with Gasteiger partial charge >= 0.3 is 6.03 Å². The van der Waals surface area contributed by atoms with Gasteiger partial charge in [0.2, 0.25) is 11.8 Å². The summed E-state index contributed by atoms with van der Waals surface area (Å²) in [7, 11) is 1.58. The van der Waals surface area contributed by atoms with Gasteiger partial charge in [-0.3, -0.25) is 19.8 Å². The van der Waals surface area contributed by atoms with Gasteiger partial charge in [0, 0.05) is 20.3 Å². The lowest BCUT2D eigenvalue weighted by Gasteiger charge is -2.38. The number of nitrogens with one attached hydrogen (secondary N) is 1. The molecule has 2 fully saturated rings. The van der Waals surface area contributed by atoms with E-state index in [1.165, 1.54) is 4.90 Å². The van der Waals surface area contributed by atoms with E-state index in [9.17, 15) is 14.4 Å². The Hall–Kier alpha value is -1.43. The molecule has 0 radical (unpaired) electrons. The van der Waals surface area contributed by atoms with Crippen molar-refractivity contribution in [1.82, 2.24) is 10.2 Å². The van der Waals surface area contributed by atoms with Crippen molar-refractivity contribution in [3.63, 3.8) is 0 Å². The van der Waals surface area contributed by atoms with Crippen LogP contribution in [0.5, 0.6) is 0 Å². The molecule has 112 valence electrons. The van der Waals surface area contributed by atoms with Crippen molar-refractivity contribution >= 4 is 17.8 Å². The number of urea groups is 1. The molecule has 1 heterocycles. The number of rotatable bonds is 4. The van der Waals surface area contributed by atoms with E-state index in [-0.39, 0.29) is 5.91 Å². The number of methoxy groups -OCH3 is 1. The van der Waals surface area contributed by atoms with Gasteiger partial charge < -0.3 is 4.74 Å². The van der Waals surface area contributed by atoms with E-state index in [2.05, 4.69) is 5.32 Å². The minimum Gasteiger partial charge on any atom is -0.385 e. The van der Waals surface area contributed by atoms with Crippen molar-refractivity contribution in [2.45, 2.75) is 44.9 Å². The highest BCUT2D eigenvalue weighted by atomic mass is 16.5. The molecule has 0 aromatic rings. The van der Waals surface area contributed by atoms with E-state index in [0.717, 1.165) is 25.7 Å². The summed E-state index contributed by atoms with van der Waals surface area (Å²) in [6.45, 7) is 0.783. The summed E-state index contributed by atoms with van der Waals surface area (Å²) in [5, 5.41) is 2.36. The van der Waals surface area contributed by atoms with Gasteiger partial charge in [0.05, 0.1) is 0 Å². The molecule has 0 aromatic heterocycles. The highest BCUT2D eigenvalue weighted by molar-refractivity contribution is 6.19. The number of hydrogen-bond acceptors (Lipinski definition) is 4. The van der Waals surface area contributed by atoms with Crippen LogP contribution in [0.3, 0.4) is 0 Å². The molecule has 2 rings (SSSR count). The minimum atomic E-state index is -1.02. The molecule has 0 aromatic carbocycles.